The van der Waals surface area contributed by atoms with Gasteiger partial charge in [0, 0.05) is 26.2 Å². The van der Waals surface area contributed by atoms with Crippen LogP contribution in [0.1, 0.15) is 35.1 Å². The van der Waals surface area contributed by atoms with Crippen LogP contribution in [0.2, 0.25) is 0 Å². The van der Waals surface area contributed by atoms with Gasteiger partial charge in [0.1, 0.15) is 5.75 Å². The molecule has 1 aliphatic rings. The maximum Gasteiger partial charge on any atom is 0.256 e. The molecule has 1 atom stereocenters. The number of aryl methyl sites for hydroxylation is 2. The Labute approximate surface area is 167 Å². The monoisotopic (exact) mass is 382 g/mol. The number of nitrogens with zero attached hydrogens (tertiary/aromatic N) is 1. The van der Waals surface area contributed by atoms with Crippen LogP contribution in [-0.4, -0.2) is 41.7 Å². The van der Waals surface area contributed by atoms with Crippen molar-refractivity contribution in [2.75, 3.05) is 20.2 Å². The van der Waals surface area contributed by atoms with Crippen molar-refractivity contribution in [3.63, 3.8) is 0 Å². The van der Waals surface area contributed by atoms with Gasteiger partial charge in [-0.25, -0.2) is 0 Å². The first-order valence-corrected chi connectivity index (χ1v) is 9.83. The molecule has 1 fully saturated rings. The van der Waals surface area contributed by atoms with Gasteiger partial charge in [-0.15, -0.1) is 0 Å². The molecule has 0 aliphatic carbocycles. The maximum atomic E-state index is 13.0. The van der Waals surface area contributed by atoms with E-state index in [1.807, 2.05) is 24.3 Å². The lowest BCUT2D eigenvalue weighted by atomic mass is 9.91. The zero-order valence-corrected chi connectivity index (χ0v) is 17.0. The summed E-state index contributed by atoms with van der Waals surface area (Å²) in [6.07, 6.45) is 1.28. The lowest BCUT2D eigenvalue weighted by molar-refractivity contribution is -0.157. The molecule has 1 amide bonds. The second kappa shape index (κ2) is 8.76. The van der Waals surface area contributed by atoms with Crippen LogP contribution < -0.4 is 10.1 Å². The van der Waals surface area contributed by atoms with Crippen molar-refractivity contribution in [2.24, 2.45) is 0 Å². The number of piperidine rings is 1. The van der Waals surface area contributed by atoms with Crippen molar-refractivity contribution in [1.82, 2.24) is 10.2 Å². The summed E-state index contributed by atoms with van der Waals surface area (Å²) in [7, 11) is 1.63. The fourth-order valence-electron chi connectivity index (χ4n) is 3.77. The lowest BCUT2D eigenvalue weighted by Gasteiger charge is -2.38. The first-order chi connectivity index (χ1) is 13.4. The SMILES string of the molecule is COc1cccc(CN2CCC[C@](O)(CNCc3cc(C)ccc3C)C2=O)c1. The standard InChI is InChI=1S/C23H30N2O3/c1-17-8-9-18(2)20(12-17)14-24-16-23(27)10-5-11-25(22(23)26)15-19-6-4-7-21(13-19)28-3/h4,6-9,12-13,24,27H,5,10-11,14-16H2,1-3H3/t23-/m0/s1. The third-order valence-corrected chi connectivity index (χ3v) is 5.45. The number of methoxy groups -OCH3 is 1. The smallest absolute Gasteiger partial charge is 0.256 e. The minimum atomic E-state index is -1.35. The summed E-state index contributed by atoms with van der Waals surface area (Å²) in [6.45, 7) is 6.18. The minimum absolute atomic E-state index is 0.199. The fourth-order valence-corrected chi connectivity index (χ4v) is 3.77. The molecule has 0 saturated carbocycles. The average Bonchev–Trinajstić information content (AvgIpc) is 2.68. The number of nitrogens with one attached hydrogen (secondary N) is 1. The number of hydrogen-bond donors (Lipinski definition) is 2. The molecule has 0 radical (unpaired) electrons. The molecule has 1 saturated heterocycles. The number of ether oxygens (including phenoxy) is 1. The van der Waals surface area contributed by atoms with Gasteiger partial charge in [0.25, 0.3) is 5.91 Å². The Morgan fingerprint density at radius 3 is 2.82 bits per heavy atom. The van der Waals surface area contributed by atoms with Crippen molar-refractivity contribution >= 4 is 5.91 Å². The number of aliphatic hydroxyl groups is 1. The van der Waals surface area contributed by atoms with Gasteiger partial charge in [-0.05, 0) is 55.5 Å². The molecule has 150 valence electrons. The van der Waals surface area contributed by atoms with Gasteiger partial charge < -0.3 is 20.1 Å². The Balaban J connectivity index is 1.62. The van der Waals surface area contributed by atoms with Crippen LogP contribution in [0.4, 0.5) is 0 Å². The third kappa shape index (κ3) is 4.72. The number of amides is 1. The Morgan fingerprint density at radius 1 is 1.21 bits per heavy atom. The highest BCUT2D eigenvalue weighted by Crippen LogP contribution is 2.25. The predicted octanol–water partition coefficient (Wildman–Crippen LogP) is 2.96. The van der Waals surface area contributed by atoms with E-state index in [1.54, 1.807) is 12.0 Å². The highest BCUT2D eigenvalue weighted by atomic mass is 16.5. The van der Waals surface area contributed by atoms with Gasteiger partial charge >= 0.3 is 0 Å². The van der Waals surface area contributed by atoms with E-state index in [4.69, 9.17) is 4.74 Å². The second-order valence-electron chi connectivity index (χ2n) is 7.75. The van der Waals surface area contributed by atoms with E-state index in [1.165, 1.54) is 16.7 Å². The number of carbonyl (C=O) groups excluding carboxylic acids is 1. The van der Waals surface area contributed by atoms with Crippen molar-refractivity contribution in [2.45, 2.75) is 45.4 Å². The number of hydrogen-bond acceptors (Lipinski definition) is 4. The molecule has 5 nitrogen and oxygen atoms in total. The molecule has 0 unspecified atom stereocenters. The molecule has 2 N–H and O–H groups in total. The van der Waals surface area contributed by atoms with Crippen molar-refractivity contribution < 1.29 is 14.6 Å². The average molecular weight is 383 g/mol. The van der Waals surface area contributed by atoms with Crippen LogP contribution in [0.3, 0.4) is 0 Å². The topological polar surface area (TPSA) is 61.8 Å². The molecule has 1 aliphatic heterocycles. The van der Waals surface area contributed by atoms with E-state index < -0.39 is 5.60 Å². The largest absolute Gasteiger partial charge is 0.497 e. The van der Waals surface area contributed by atoms with E-state index in [0.29, 0.717) is 26.1 Å². The molecule has 0 aromatic heterocycles. The predicted molar refractivity (Wildman–Crippen MR) is 110 cm³/mol. The van der Waals surface area contributed by atoms with Crippen molar-refractivity contribution in [3.8, 4) is 5.75 Å². The summed E-state index contributed by atoms with van der Waals surface area (Å²) in [5, 5.41) is 14.3. The Bertz CT molecular complexity index is 836. The molecule has 0 bridgehead atoms. The van der Waals surface area contributed by atoms with E-state index in [9.17, 15) is 9.90 Å². The van der Waals surface area contributed by atoms with Crippen LogP contribution in [0.15, 0.2) is 42.5 Å². The van der Waals surface area contributed by atoms with Crippen LogP contribution in [-0.2, 0) is 17.9 Å². The Kier molecular flexibility index (Phi) is 6.37. The van der Waals surface area contributed by atoms with Gasteiger partial charge in [-0.3, -0.25) is 4.79 Å². The Hall–Kier alpha value is -2.37. The Morgan fingerprint density at radius 2 is 2.04 bits per heavy atom. The zero-order chi connectivity index (χ0) is 20.1. The highest BCUT2D eigenvalue weighted by molar-refractivity contribution is 5.86. The van der Waals surface area contributed by atoms with Crippen LogP contribution in [0.5, 0.6) is 5.75 Å². The lowest BCUT2D eigenvalue weighted by Crippen LogP contribution is -2.57. The molecule has 28 heavy (non-hydrogen) atoms. The first-order valence-electron chi connectivity index (χ1n) is 9.83. The van der Waals surface area contributed by atoms with E-state index in [-0.39, 0.29) is 12.5 Å². The number of carbonyl (C=O) groups is 1. The van der Waals surface area contributed by atoms with Crippen LogP contribution >= 0.6 is 0 Å². The number of likely N-dealkylation sites (tertiary alicyclic amines) is 1. The maximum absolute atomic E-state index is 13.0. The molecule has 3 rings (SSSR count). The quantitative estimate of drug-likeness (QED) is 0.773. The highest BCUT2D eigenvalue weighted by Gasteiger charge is 2.41. The van der Waals surface area contributed by atoms with Gasteiger partial charge in [0.15, 0.2) is 5.60 Å². The van der Waals surface area contributed by atoms with Crippen molar-refractivity contribution in [3.05, 3.63) is 64.7 Å². The van der Waals surface area contributed by atoms with Crippen LogP contribution in [0.25, 0.3) is 0 Å². The van der Waals surface area contributed by atoms with Gasteiger partial charge in [-0.1, -0.05) is 35.9 Å². The summed E-state index contributed by atoms with van der Waals surface area (Å²) < 4.78 is 5.26. The van der Waals surface area contributed by atoms with E-state index in [0.717, 1.165) is 17.7 Å². The molecule has 2 aromatic rings. The van der Waals surface area contributed by atoms with Gasteiger partial charge in [0.05, 0.1) is 7.11 Å². The summed E-state index contributed by atoms with van der Waals surface area (Å²) >= 11 is 0. The van der Waals surface area contributed by atoms with Crippen molar-refractivity contribution in [1.29, 1.82) is 0 Å². The second-order valence-corrected chi connectivity index (χ2v) is 7.75. The van der Waals surface area contributed by atoms with E-state index >= 15 is 0 Å². The minimum Gasteiger partial charge on any atom is -0.497 e. The van der Waals surface area contributed by atoms with Gasteiger partial charge in [0.2, 0.25) is 0 Å². The normalized spacial score (nSPS) is 19.7. The molecule has 2 aromatic carbocycles. The fraction of sp³-hybridized carbons (Fsp3) is 0.435. The molecule has 1 heterocycles. The zero-order valence-electron chi connectivity index (χ0n) is 17.0. The van der Waals surface area contributed by atoms with Crippen LogP contribution in [0, 0.1) is 13.8 Å². The summed E-state index contributed by atoms with van der Waals surface area (Å²) in [5.74, 6) is 0.572. The third-order valence-electron chi connectivity index (χ3n) is 5.45. The molecular formula is C23H30N2O3. The molecular weight excluding hydrogens is 352 g/mol. The molecule has 5 heteroatoms. The number of benzene rings is 2. The summed E-state index contributed by atoms with van der Waals surface area (Å²) in [5.41, 5.74) is 3.26. The van der Waals surface area contributed by atoms with E-state index in [2.05, 4.69) is 37.4 Å². The number of rotatable bonds is 7. The van der Waals surface area contributed by atoms with Gasteiger partial charge in [-0.2, -0.15) is 0 Å². The first kappa shape index (κ1) is 20.4. The summed E-state index contributed by atoms with van der Waals surface area (Å²) in [6, 6.07) is 14.0. The summed E-state index contributed by atoms with van der Waals surface area (Å²) in [4.78, 5) is 14.7. The molecule has 0 spiro atoms.